The van der Waals surface area contributed by atoms with Crippen molar-refractivity contribution in [2.24, 2.45) is 0 Å². The van der Waals surface area contributed by atoms with Gasteiger partial charge in [0.05, 0.1) is 18.5 Å². The van der Waals surface area contributed by atoms with Crippen molar-refractivity contribution in [2.45, 2.75) is 26.3 Å². The minimum atomic E-state index is -0.208. The Hall–Kier alpha value is -2.17. The zero-order chi connectivity index (χ0) is 13.7. The summed E-state index contributed by atoms with van der Waals surface area (Å²) in [5.74, 6) is 0.531. The average Bonchev–Trinajstić information content (AvgIpc) is 2.39. The number of hydrogen-bond acceptors (Lipinski definition) is 5. The Morgan fingerprint density at radius 2 is 2.16 bits per heavy atom. The van der Waals surface area contributed by atoms with E-state index in [1.165, 1.54) is 6.33 Å². The summed E-state index contributed by atoms with van der Waals surface area (Å²) in [6.07, 6.45) is 1.83. The van der Waals surface area contributed by atoms with Gasteiger partial charge in [0.2, 0.25) is 0 Å². The number of hydrogen-bond donors (Lipinski definition) is 1. The van der Waals surface area contributed by atoms with Crippen LogP contribution in [0.4, 0.5) is 5.82 Å². The average molecular weight is 259 g/mol. The number of ether oxygens (including phenoxy) is 1. The van der Waals surface area contributed by atoms with Gasteiger partial charge in [-0.05, 0) is 26.0 Å². The van der Waals surface area contributed by atoms with Crippen LogP contribution in [0.3, 0.4) is 0 Å². The maximum Gasteiger partial charge on any atom is 0.307 e. The highest BCUT2D eigenvalue weighted by atomic mass is 16.5. The van der Waals surface area contributed by atoms with E-state index in [1.54, 1.807) is 6.92 Å². The van der Waals surface area contributed by atoms with Gasteiger partial charge in [-0.15, -0.1) is 0 Å². The molecular formula is C14H17N3O2. The van der Waals surface area contributed by atoms with Gasteiger partial charge < -0.3 is 10.1 Å². The van der Waals surface area contributed by atoms with Gasteiger partial charge in [-0.2, -0.15) is 0 Å². The van der Waals surface area contributed by atoms with E-state index in [2.05, 4.69) is 15.3 Å². The van der Waals surface area contributed by atoms with E-state index >= 15 is 0 Å². The number of esters is 1. The first-order chi connectivity index (χ1) is 9.20. The molecule has 2 aromatic rings. The Morgan fingerprint density at radius 3 is 2.95 bits per heavy atom. The van der Waals surface area contributed by atoms with Gasteiger partial charge in [-0.25, -0.2) is 9.97 Å². The molecular weight excluding hydrogens is 242 g/mol. The number of para-hydroxylation sites is 1. The number of aromatic nitrogens is 2. The molecule has 1 N–H and O–H groups in total. The first-order valence-electron chi connectivity index (χ1n) is 6.32. The minimum absolute atomic E-state index is 0.0441. The van der Waals surface area contributed by atoms with Crippen LogP contribution < -0.4 is 5.32 Å². The molecule has 0 radical (unpaired) electrons. The zero-order valence-corrected chi connectivity index (χ0v) is 11.1. The number of anilines is 1. The lowest BCUT2D eigenvalue weighted by atomic mass is 10.2. The molecule has 0 amide bonds. The van der Waals surface area contributed by atoms with Crippen LogP contribution in [0.2, 0.25) is 0 Å². The van der Waals surface area contributed by atoms with E-state index in [9.17, 15) is 4.79 Å². The second kappa shape index (κ2) is 6.13. The molecule has 1 atom stereocenters. The lowest BCUT2D eigenvalue weighted by Gasteiger charge is -2.14. The molecule has 1 unspecified atom stereocenters. The van der Waals surface area contributed by atoms with Gasteiger partial charge in [-0.3, -0.25) is 4.79 Å². The summed E-state index contributed by atoms with van der Waals surface area (Å²) in [5, 5.41) is 4.17. The topological polar surface area (TPSA) is 64.1 Å². The first kappa shape index (κ1) is 13.3. The molecule has 19 heavy (non-hydrogen) atoms. The van der Waals surface area contributed by atoms with Crippen molar-refractivity contribution in [1.82, 2.24) is 9.97 Å². The van der Waals surface area contributed by atoms with Crippen LogP contribution in [-0.4, -0.2) is 28.6 Å². The molecule has 1 aromatic carbocycles. The monoisotopic (exact) mass is 259 g/mol. The van der Waals surface area contributed by atoms with Gasteiger partial charge >= 0.3 is 5.97 Å². The third kappa shape index (κ3) is 3.40. The van der Waals surface area contributed by atoms with Crippen molar-refractivity contribution in [3.05, 3.63) is 30.6 Å². The molecule has 0 aliphatic heterocycles. The molecule has 2 rings (SSSR count). The number of carbonyl (C=O) groups is 1. The smallest absolute Gasteiger partial charge is 0.307 e. The Labute approximate surface area is 112 Å². The van der Waals surface area contributed by atoms with Gasteiger partial charge in [0.15, 0.2) is 0 Å². The first-order valence-corrected chi connectivity index (χ1v) is 6.32. The molecule has 1 heterocycles. The Kier molecular flexibility index (Phi) is 4.28. The maximum absolute atomic E-state index is 11.4. The predicted molar refractivity (Wildman–Crippen MR) is 73.9 cm³/mol. The highest BCUT2D eigenvalue weighted by molar-refractivity contribution is 5.88. The maximum atomic E-state index is 11.4. The van der Waals surface area contributed by atoms with Gasteiger partial charge in [0.1, 0.15) is 12.1 Å². The van der Waals surface area contributed by atoms with Crippen LogP contribution in [0, 0.1) is 0 Å². The van der Waals surface area contributed by atoms with Crippen LogP contribution in [0.5, 0.6) is 0 Å². The molecule has 0 aliphatic carbocycles. The third-order valence-corrected chi connectivity index (χ3v) is 2.70. The Balaban J connectivity index is 2.10. The predicted octanol–water partition coefficient (Wildman–Crippen LogP) is 2.38. The van der Waals surface area contributed by atoms with Crippen LogP contribution >= 0.6 is 0 Å². The fourth-order valence-electron chi connectivity index (χ4n) is 1.87. The van der Waals surface area contributed by atoms with Crippen LogP contribution in [0.1, 0.15) is 20.3 Å². The summed E-state index contributed by atoms with van der Waals surface area (Å²) in [6, 6.07) is 7.71. The van der Waals surface area contributed by atoms with E-state index in [4.69, 9.17) is 4.74 Å². The van der Waals surface area contributed by atoms with Crippen LogP contribution in [0.15, 0.2) is 30.6 Å². The molecule has 0 bridgehead atoms. The molecule has 1 aromatic heterocycles. The summed E-state index contributed by atoms with van der Waals surface area (Å²) in [4.78, 5) is 19.8. The summed E-state index contributed by atoms with van der Waals surface area (Å²) in [5.41, 5.74) is 0.878. The van der Waals surface area contributed by atoms with Crippen molar-refractivity contribution in [1.29, 1.82) is 0 Å². The minimum Gasteiger partial charge on any atom is -0.466 e. The lowest BCUT2D eigenvalue weighted by molar-refractivity contribution is -0.143. The van der Waals surface area contributed by atoms with Crippen molar-refractivity contribution in [3.63, 3.8) is 0 Å². The van der Waals surface area contributed by atoms with Crippen LogP contribution in [0.25, 0.3) is 10.9 Å². The number of rotatable bonds is 5. The van der Waals surface area contributed by atoms with Crippen molar-refractivity contribution in [2.75, 3.05) is 11.9 Å². The lowest BCUT2D eigenvalue weighted by Crippen LogP contribution is -2.21. The van der Waals surface area contributed by atoms with E-state index in [0.29, 0.717) is 13.0 Å². The van der Waals surface area contributed by atoms with Gasteiger partial charge in [0.25, 0.3) is 0 Å². The number of benzene rings is 1. The molecule has 0 spiro atoms. The molecule has 0 fully saturated rings. The molecule has 5 heteroatoms. The number of nitrogens with one attached hydrogen (secondary N) is 1. The quantitative estimate of drug-likeness (QED) is 0.835. The van der Waals surface area contributed by atoms with E-state index in [1.807, 2.05) is 31.2 Å². The fourth-order valence-corrected chi connectivity index (χ4v) is 1.87. The van der Waals surface area contributed by atoms with Gasteiger partial charge in [-0.1, -0.05) is 12.1 Å². The Morgan fingerprint density at radius 1 is 1.37 bits per heavy atom. The summed E-state index contributed by atoms with van der Waals surface area (Å²) in [7, 11) is 0. The largest absolute Gasteiger partial charge is 0.466 e. The second-order valence-electron chi connectivity index (χ2n) is 4.29. The summed E-state index contributed by atoms with van der Waals surface area (Å²) < 4.78 is 4.93. The van der Waals surface area contributed by atoms with Crippen molar-refractivity contribution < 1.29 is 9.53 Å². The number of nitrogens with zero attached hydrogens (tertiary/aromatic N) is 2. The number of fused-ring (bicyclic) bond motifs is 1. The molecule has 0 saturated heterocycles. The normalized spacial score (nSPS) is 12.1. The Bertz CT molecular complexity index is 566. The van der Waals surface area contributed by atoms with Crippen molar-refractivity contribution in [3.8, 4) is 0 Å². The highest BCUT2D eigenvalue weighted by Crippen LogP contribution is 2.19. The third-order valence-electron chi connectivity index (χ3n) is 2.70. The standard InChI is InChI=1S/C14H17N3O2/c1-3-19-13(18)8-10(2)17-14-11-6-4-5-7-12(11)15-9-16-14/h4-7,9-10H,3,8H2,1-2H3,(H,15,16,17). The highest BCUT2D eigenvalue weighted by Gasteiger charge is 2.11. The van der Waals surface area contributed by atoms with E-state index < -0.39 is 0 Å². The van der Waals surface area contributed by atoms with Crippen LogP contribution in [-0.2, 0) is 9.53 Å². The zero-order valence-electron chi connectivity index (χ0n) is 11.1. The summed E-state index contributed by atoms with van der Waals surface area (Å²) in [6.45, 7) is 4.13. The van der Waals surface area contributed by atoms with Gasteiger partial charge in [0, 0.05) is 11.4 Å². The fraction of sp³-hybridized carbons (Fsp3) is 0.357. The molecule has 0 aliphatic rings. The van der Waals surface area contributed by atoms with Crippen molar-refractivity contribution >= 4 is 22.7 Å². The molecule has 100 valence electrons. The molecule has 0 saturated carbocycles. The molecule has 5 nitrogen and oxygen atoms in total. The second-order valence-corrected chi connectivity index (χ2v) is 4.29. The number of carbonyl (C=O) groups excluding carboxylic acids is 1. The SMILES string of the molecule is CCOC(=O)CC(C)Nc1ncnc2ccccc12. The van der Waals surface area contributed by atoms with E-state index in [-0.39, 0.29) is 12.0 Å². The van der Waals surface area contributed by atoms with E-state index in [0.717, 1.165) is 16.7 Å². The summed E-state index contributed by atoms with van der Waals surface area (Å²) >= 11 is 0.